The molecule has 1 saturated heterocycles. The Bertz CT molecular complexity index is 1070. The van der Waals surface area contributed by atoms with Gasteiger partial charge in [0.1, 0.15) is 5.82 Å². The fraction of sp³-hybridized carbons (Fsp3) is 0.333. The standard InChI is InChI=1S/C24H24FN3O/c25-19-8-9-22-20(14-19)23(28-13-10-17-6-2-3-7-18(17)16-28)21(15-26-22)24(29)27-11-4-1-5-12-27/h2-3,6-9,14-15H,1,4-5,10-13,16H2. The molecule has 0 saturated carbocycles. The lowest BCUT2D eigenvalue weighted by molar-refractivity contribution is 0.0724. The van der Waals surface area contributed by atoms with Crippen LogP contribution in [0, 0.1) is 5.82 Å². The molecule has 4 nitrogen and oxygen atoms in total. The van der Waals surface area contributed by atoms with Crippen molar-refractivity contribution < 1.29 is 9.18 Å². The summed E-state index contributed by atoms with van der Waals surface area (Å²) in [6.07, 6.45) is 5.84. The minimum atomic E-state index is -0.305. The van der Waals surface area contributed by atoms with Crippen LogP contribution in [-0.4, -0.2) is 35.4 Å². The number of halogens is 1. The molecular weight excluding hydrogens is 365 g/mol. The molecule has 0 N–H and O–H groups in total. The molecule has 3 aromatic rings. The molecule has 29 heavy (non-hydrogen) atoms. The van der Waals surface area contributed by atoms with Crippen LogP contribution in [0.4, 0.5) is 10.1 Å². The predicted molar refractivity (Wildman–Crippen MR) is 113 cm³/mol. The number of hydrogen-bond acceptors (Lipinski definition) is 3. The van der Waals surface area contributed by atoms with Gasteiger partial charge in [0.25, 0.3) is 5.91 Å². The Morgan fingerprint density at radius 3 is 2.59 bits per heavy atom. The number of nitrogens with zero attached hydrogens (tertiary/aromatic N) is 3. The van der Waals surface area contributed by atoms with E-state index in [0.29, 0.717) is 17.5 Å². The number of aromatic nitrogens is 1. The molecule has 2 aliphatic rings. The molecule has 5 heteroatoms. The number of rotatable bonds is 2. The molecule has 0 aliphatic carbocycles. The Morgan fingerprint density at radius 2 is 1.76 bits per heavy atom. The van der Waals surface area contributed by atoms with Crippen molar-refractivity contribution in [3.05, 3.63) is 71.2 Å². The number of likely N-dealkylation sites (tertiary alicyclic amines) is 1. The number of piperidine rings is 1. The van der Waals surface area contributed by atoms with E-state index < -0.39 is 0 Å². The van der Waals surface area contributed by atoms with Gasteiger partial charge in [-0.2, -0.15) is 0 Å². The summed E-state index contributed by atoms with van der Waals surface area (Å²) in [6.45, 7) is 3.07. The quantitative estimate of drug-likeness (QED) is 0.645. The molecule has 0 radical (unpaired) electrons. The molecule has 0 bridgehead atoms. The number of fused-ring (bicyclic) bond motifs is 2. The van der Waals surface area contributed by atoms with Gasteiger partial charge in [0.15, 0.2) is 0 Å². The maximum atomic E-state index is 14.2. The van der Waals surface area contributed by atoms with Crippen molar-refractivity contribution in [1.29, 1.82) is 0 Å². The van der Waals surface area contributed by atoms with Crippen LogP contribution in [0.3, 0.4) is 0 Å². The zero-order valence-electron chi connectivity index (χ0n) is 16.4. The van der Waals surface area contributed by atoms with Gasteiger partial charge in [0, 0.05) is 37.8 Å². The Kier molecular flexibility index (Phi) is 4.66. The van der Waals surface area contributed by atoms with E-state index in [4.69, 9.17) is 0 Å². The lowest BCUT2D eigenvalue weighted by Crippen LogP contribution is -2.38. The highest BCUT2D eigenvalue weighted by Crippen LogP contribution is 2.34. The Morgan fingerprint density at radius 1 is 0.966 bits per heavy atom. The van der Waals surface area contributed by atoms with Gasteiger partial charge in [-0.25, -0.2) is 4.39 Å². The fourth-order valence-corrected chi connectivity index (χ4v) is 4.60. The molecule has 3 heterocycles. The third kappa shape index (κ3) is 3.35. The van der Waals surface area contributed by atoms with E-state index >= 15 is 0 Å². The summed E-state index contributed by atoms with van der Waals surface area (Å²) < 4.78 is 14.2. The fourth-order valence-electron chi connectivity index (χ4n) is 4.60. The van der Waals surface area contributed by atoms with Crippen molar-refractivity contribution in [1.82, 2.24) is 9.88 Å². The summed E-state index contributed by atoms with van der Waals surface area (Å²) >= 11 is 0. The zero-order chi connectivity index (χ0) is 19.8. The zero-order valence-corrected chi connectivity index (χ0v) is 16.4. The number of carbonyl (C=O) groups is 1. The first-order chi connectivity index (χ1) is 14.2. The molecule has 148 valence electrons. The van der Waals surface area contributed by atoms with E-state index in [1.54, 1.807) is 12.3 Å². The monoisotopic (exact) mass is 389 g/mol. The number of benzene rings is 2. The summed E-state index contributed by atoms with van der Waals surface area (Å²) in [5, 5.41) is 0.715. The molecule has 2 aromatic carbocycles. The maximum Gasteiger partial charge on any atom is 0.257 e. The molecular formula is C24H24FN3O. The van der Waals surface area contributed by atoms with Crippen LogP contribution in [-0.2, 0) is 13.0 Å². The first-order valence-corrected chi connectivity index (χ1v) is 10.4. The van der Waals surface area contributed by atoms with Crippen molar-refractivity contribution in [2.75, 3.05) is 24.5 Å². The lowest BCUT2D eigenvalue weighted by Gasteiger charge is -2.34. The minimum absolute atomic E-state index is 0.0113. The molecule has 1 amide bonds. The third-order valence-corrected chi connectivity index (χ3v) is 6.12. The van der Waals surface area contributed by atoms with Crippen molar-refractivity contribution in [2.24, 2.45) is 0 Å². The molecule has 0 unspecified atom stereocenters. The molecule has 1 fully saturated rings. The predicted octanol–water partition coefficient (Wildman–Crippen LogP) is 4.56. The number of anilines is 1. The molecule has 0 spiro atoms. The summed E-state index contributed by atoms with van der Waals surface area (Å²) in [5.41, 5.74) is 4.73. The average Bonchev–Trinajstić information content (AvgIpc) is 2.78. The number of hydrogen-bond donors (Lipinski definition) is 0. The second-order valence-corrected chi connectivity index (χ2v) is 7.98. The molecule has 2 aliphatic heterocycles. The van der Waals surface area contributed by atoms with Crippen LogP contribution in [0.15, 0.2) is 48.7 Å². The van der Waals surface area contributed by atoms with E-state index in [2.05, 4.69) is 28.1 Å². The second-order valence-electron chi connectivity index (χ2n) is 7.98. The highest BCUT2D eigenvalue weighted by Gasteiger charge is 2.27. The second kappa shape index (κ2) is 7.47. The summed E-state index contributed by atoms with van der Waals surface area (Å²) in [5.74, 6) is -0.294. The molecule has 1 aromatic heterocycles. The highest BCUT2D eigenvalue weighted by molar-refractivity contribution is 6.07. The summed E-state index contributed by atoms with van der Waals surface area (Å²) in [4.78, 5) is 22.0. The van der Waals surface area contributed by atoms with Gasteiger partial charge in [-0.05, 0) is 55.0 Å². The van der Waals surface area contributed by atoms with Crippen LogP contribution in [0.25, 0.3) is 10.9 Å². The Balaban J connectivity index is 1.63. The Labute approximate surface area is 170 Å². The molecule has 5 rings (SSSR count). The SMILES string of the molecule is O=C(c1cnc2ccc(F)cc2c1N1CCc2ccccc2C1)N1CCCCC1. The van der Waals surface area contributed by atoms with Crippen LogP contribution < -0.4 is 4.90 Å². The number of pyridine rings is 1. The lowest BCUT2D eigenvalue weighted by atomic mass is 9.97. The average molecular weight is 389 g/mol. The van der Waals surface area contributed by atoms with Crippen LogP contribution >= 0.6 is 0 Å². The van der Waals surface area contributed by atoms with Gasteiger partial charge in [-0.3, -0.25) is 9.78 Å². The van der Waals surface area contributed by atoms with Gasteiger partial charge < -0.3 is 9.80 Å². The third-order valence-electron chi connectivity index (χ3n) is 6.12. The minimum Gasteiger partial charge on any atom is -0.366 e. The first kappa shape index (κ1) is 18.1. The number of amides is 1. The van der Waals surface area contributed by atoms with Gasteiger partial charge in [-0.1, -0.05) is 24.3 Å². The van der Waals surface area contributed by atoms with Gasteiger partial charge in [0.2, 0.25) is 0 Å². The van der Waals surface area contributed by atoms with E-state index in [-0.39, 0.29) is 11.7 Å². The smallest absolute Gasteiger partial charge is 0.257 e. The Hall–Kier alpha value is -2.95. The first-order valence-electron chi connectivity index (χ1n) is 10.4. The van der Waals surface area contributed by atoms with Crippen molar-refractivity contribution in [3.63, 3.8) is 0 Å². The summed E-state index contributed by atoms with van der Waals surface area (Å²) in [6, 6.07) is 13.1. The van der Waals surface area contributed by atoms with E-state index in [0.717, 1.165) is 50.1 Å². The van der Waals surface area contributed by atoms with Crippen LogP contribution in [0.5, 0.6) is 0 Å². The van der Waals surface area contributed by atoms with Gasteiger partial charge >= 0.3 is 0 Å². The van der Waals surface area contributed by atoms with Crippen molar-refractivity contribution in [3.8, 4) is 0 Å². The van der Waals surface area contributed by atoms with Crippen molar-refractivity contribution in [2.45, 2.75) is 32.2 Å². The largest absolute Gasteiger partial charge is 0.366 e. The normalized spacial score (nSPS) is 16.7. The highest BCUT2D eigenvalue weighted by atomic mass is 19.1. The number of carbonyl (C=O) groups excluding carboxylic acids is 1. The summed E-state index contributed by atoms with van der Waals surface area (Å²) in [7, 11) is 0. The van der Waals surface area contributed by atoms with Crippen LogP contribution in [0.1, 0.15) is 40.7 Å². The topological polar surface area (TPSA) is 36.4 Å². The van der Waals surface area contributed by atoms with E-state index in [9.17, 15) is 9.18 Å². The maximum absolute atomic E-state index is 14.2. The van der Waals surface area contributed by atoms with Crippen molar-refractivity contribution >= 4 is 22.5 Å². The van der Waals surface area contributed by atoms with Gasteiger partial charge in [0.05, 0.1) is 16.8 Å². The molecule has 0 atom stereocenters. The van der Waals surface area contributed by atoms with E-state index in [1.165, 1.54) is 29.7 Å². The van der Waals surface area contributed by atoms with Crippen LogP contribution in [0.2, 0.25) is 0 Å². The van der Waals surface area contributed by atoms with E-state index in [1.807, 2.05) is 11.0 Å². The van der Waals surface area contributed by atoms with Gasteiger partial charge in [-0.15, -0.1) is 0 Å².